The smallest absolute Gasteiger partial charge is 0.232 e. The first-order chi connectivity index (χ1) is 12.1. The second-order valence-corrected chi connectivity index (χ2v) is 6.81. The van der Waals surface area contributed by atoms with E-state index in [1.54, 1.807) is 6.20 Å². The lowest BCUT2D eigenvalue weighted by Crippen LogP contribution is -2.25. The minimum absolute atomic E-state index is 0.338. The van der Waals surface area contributed by atoms with Crippen LogP contribution in [0.25, 0.3) is 0 Å². The molecule has 0 spiro atoms. The highest BCUT2D eigenvalue weighted by Crippen LogP contribution is 2.36. The Balaban J connectivity index is 1.66. The summed E-state index contributed by atoms with van der Waals surface area (Å²) in [5.74, 6) is 1.49. The molecule has 1 atom stereocenters. The molecule has 0 fully saturated rings. The number of fused-ring (bicyclic) bond motifs is 1. The van der Waals surface area contributed by atoms with Gasteiger partial charge in [-0.3, -0.25) is 0 Å². The molecule has 4 nitrogen and oxygen atoms in total. The van der Waals surface area contributed by atoms with Gasteiger partial charge in [-0.2, -0.15) is 4.98 Å². The van der Waals surface area contributed by atoms with Gasteiger partial charge < -0.3 is 10.2 Å². The summed E-state index contributed by atoms with van der Waals surface area (Å²) in [6.45, 7) is 4.22. The van der Waals surface area contributed by atoms with Crippen LogP contribution in [0.5, 0.6) is 0 Å². The van der Waals surface area contributed by atoms with Crippen LogP contribution in [0.3, 0.4) is 0 Å². The standard InChI is InChI=1S/C20H19ClN4/c1-13-11-16(21)7-8-17(13)23-19-9-10-22-20(24-19)25-14(2)12-15-5-3-4-6-18(15)25/h3-11,14H,12H2,1-2H3,(H,22,23,24). The molecule has 0 aliphatic carbocycles. The van der Waals surface area contributed by atoms with Gasteiger partial charge in [0, 0.05) is 28.6 Å². The number of hydrogen-bond acceptors (Lipinski definition) is 4. The first-order valence-electron chi connectivity index (χ1n) is 8.35. The molecule has 126 valence electrons. The molecular weight excluding hydrogens is 332 g/mol. The Hall–Kier alpha value is -2.59. The van der Waals surface area contributed by atoms with Crippen LogP contribution >= 0.6 is 11.6 Å². The van der Waals surface area contributed by atoms with Gasteiger partial charge in [-0.05, 0) is 61.7 Å². The van der Waals surface area contributed by atoms with Crippen molar-refractivity contribution >= 4 is 34.7 Å². The molecule has 0 amide bonds. The van der Waals surface area contributed by atoms with E-state index in [2.05, 4.69) is 46.4 Å². The van der Waals surface area contributed by atoms with Crippen molar-refractivity contribution in [1.29, 1.82) is 0 Å². The second-order valence-electron chi connectivity index (χ2n) is 6.38. The highest BCUT2D eigenvalue weighted by Gasteiger charge is 2.28. The molecule has 5 heteroatoms. The van der Waals surface area contributed by atoms with Crippen molar-refractivity contribution in [2.24, 2.45) is 0 Å². The number of hydrogen-bond donors (Lipinski definition) is 1. The Kier molecular flexibility index (Phi) is 4.06. The lowest BCUT2D eigenvalue weighted by Gasteiger charge is -2.23. The van der Waals surface area contributed by atoms with Crippen LogP contribution in [0, 0.1) is 6.92 Å². The quantitative estimate of drug-likeness (QED) is 0.699. The third-order valence-electron chi connectivity index (χ3n) is 4.52. The molecule has 3 aromatic rings. The first-order valence-corrected chi connectivity index (χ1v) is 8.73. The van der Waals surface area contributed by atoms with E-state index < -0.39 is 0 Å². The molecule has 1 N–H and O–H groups in total. The largest absolute Gasteiger partial charge is 0.340 e. The summed E-state index contributed by atoms with van der Waals surface area (Å²) in [4.78, 5) is 11.4. The maximum atomic E-state index is 6.04. The number of halogens is 1. The van der Waals surface area contributed by atoms with Crippen LogP contribution in [-0.2, 0) is 6.42 Å². The molecule has 1 aliphatic heterocycles. The van der Waals surface area contributed by atoms with E-state index in [1.807, 2.05) is 31.2 Å². The first kappa shape index (κ1) is 15.9. The second kappa shape index (κ2) is 6.37. The molecule has 2 aromatic carbocycles. The lowest BCUT2D eigenvalue weighted by atomic mass is 10.1. The number of anilines is 4. The zero-order valence-corrected chi connectivity index (χ0v) is 15.0. The fourth-order valence-corrected chi connectivity index (χ4v) is 3.54. The summed E-state index contributed by atoms with van der Waals surface area (Å²) in [6.07, 6.45) is 2.80. The van der Waals surface area contributed by atoms with Crippen molar-refractivity contribution in [2.45, 2.75) is 26.3 Å². The fraction of sp³-hybridized carbons (Fsp3) is 0.200. The highest BCUT2D eigenvalue weighted by atomic mass is 35.5. The Morgan fingerprint density at radius 2 is 2.00 bits per heavy atom. The topological polar surface area (TPSA) is 41.1 Å². The minimum Gasteiger partial charge on any atom is -0.340 e. The molecule has 4 rings (SSSR count). The summed E-state index contributed by atoms with van der Waals surface area (Å²) < 4.78 is 0. The SMILES string of the molecule is Cc1cc(Cl)ccc1Nc1ccnc(N2c3ccccc3CC2C)n1. The van der Waals surface area contributed by atoms with Crippen LogP contribution < -0.4 is 10.2 Å². The molecule has 0 saturated heterocycles. The van der Waals surface area contributed by atoms with Crippen molar-refractivity contribution < 1.29 is 0 Å². The summed E-state index contributed by atoms with van der Waals surface area (Å²) in [7, 11) is 0. The number of nitrogens with zero attached hydrogens (tertiary/aromatic N) is 3. The minimum atomic E-state index is 0.338. The molecular formula is C20H19ClN4. The third kappa shape index (κ3) is 3.05. The van der Waals surface area contributed by atoms with E-state index in [0.29, 0.717) is 12.0 Å². The molecule has 25 heavy (non-hydrogen) atoms. The predicted molar refractivity (Wildman–Crippen MR) is 103 cm³/mol. The third-order valence-corrected chi connectivity index (χ3v) is 4.75. The Morgan fingerprint density at radius 1 is 1.16 bits per heavy atom. The van der Waals surface area contributed by atoms with Crippen molar-refractivity contribution in [1.82, 2.24) is 9.97 Å². The van der Waals surface area contributed by atoms with Crippen molar-refractivity contribution in [3.05, 3.63) is 70.9 Å². The lowest BCUT2D eigenvalue weighted by molar-refractivity contribution is 0.740. The number of aryl methyl sites for hydroxylation is 1. The maximum Gasteiger partial charge on any atom is 0.232 e. The maximum absolute atomic E-state index is 6.04. The molecule has 1 aliphatic rings. The van der Waals surface area contributed by atoms with E-state index in [9.17, 15) is 0 Å². The van der Waals surface area contributed by atoms with Crippen LogP contribution in [0.4, 0.5) is 23.1 Å². The van der Waals surface area contributed by atoms with Crippen LogP contribution in [0.2, 0.25) is 5.02 Å². The summed E-state index contributed by atoms with van der Waals surface area (Å²) in [6, 6.07) is 16.4. The van der Waals surface area contributed by atoms with E-state index >= 15 is 0 Å². The zero-order valence-electron chi connectivity index (χ0n) is 14.2. The normalized spacial score (nSPS) is 16.0. The number of para-hydroxylation sites is 1. The number of rotatable bonds is 3. The van der Waals surface area contributed by atoms with Crippen LogP contribution in [0.15, 0.2) is 54.7 Å². The van der Waals surface area contributed by atoms with Gasteiger partial charge in [0.2, 0.25) is 5.95 Å². The monoisotopic (exact) mass is 350 g/mol. The zero-order chi connectivity index (χ0) is 17.4. The number of nitrogens with one attached hydrogen (secondary N) is 1. The van der Waals surface area contributed by atoms with Crippen molar-refractivity contribution in [3.8, 4) is 0 Å². The molecule has 1 unspecified atom stereocenters. The summed E-state index contributed by atoms with van der Waals surface area (Å²) in [5.41, 5.74) is 4.59. The van der Waals surface area contributed by atoms with Crippen molar-refractivity contribution in [3.63, 3.8) is 0 Å². The van der Waals surface area contributed by atoms with E-state index in [1.165, 1.54) is 11.3 Å². The van der Waals surface area contributed by atoms with Crippen LogP contribution in [-0.4, -0.2) is 16.0 Å². The molecule has 2 heterocycles. The van der Waals surface area contributed by atoms with Gasteiger partial charge in [0.1, 0.15) is 5.82 Å². The molecule has 0 bridgehead atoms. The van der Waals surface area contributed by atoms with E-state index in [4.69, 9.17) is 16.6 Å². The Labute approximate surface area is 152 Å². The van der Waals surface area contributed by atoms with Gasteiger partial charge in [-0.15, -0.1) is 0 Å². The predicted octanol–water partition coefficient (Wildman–Crippen LogP) is 5.26. The molecule has 1 aromatic heterocycles. The Bertz CT molecular complexity index is 925. The number of benzene rings is 2. The van der Waals surface area contributed by atoms with Gasteiger partial charge in [0.15, 0.2) is 0 Å². The van der Waals surface area contributed by atoms with E-state index in [0.717, 1.165) is 28.5 Å². The molecule has 0 saturated carbocycles. The fourth-order valence-electron chi connectivity index (χ4n) is 3.31. The summed E-state index contributed by atoms with van der Waals surface area (Å²) in [5, 5.41) is 4.10. The van der Waals surface area contributed by atoms with E-state index in [-0.39, 0.29) is 0 Å². The highest BCUT2D eigenvalue weighted by molar-refractivity contribution is 6.30. The van der Waals surface area contributed by atoms with Crippen LogP contribution in [0.1, 0.15) is 18.1 Å². The molecule has 0 radical (unpaired) electrons. The van der Waals surface area contributed by atoms with Gasteiger partial charge in [0.05, 0.1) is 0 Å². The van der Waals surface area contributed by atoms with Gasteiger partial charge in [-0.25, -0.2) is 4.98 Å². The van der Waals surface area contributed by atoms with Crippen molar-refractivity contribution in [2.75, 3.05) is 10.2 Å². The Morgan fingerprint density at radius 3 is 2.84 bits per heavy atom. The summed E-state index contributed by atoms with van der Waals surface area (Å²) >= 11 is 6.04. The average Bonchev–Trinajstić information content (AvgIpc) is 2.93. The van der Waals surface area contributed by atoms with Gasteiger partial charge in [-0.1, -0.05) is 29.8 Å². The van der Waals surface area contributed by atoms with Gasteiger partial charge >= 0.3 is 0 Å². The average molecular weight is 351 g/mol. The van der Waals surface area contributed by atoms with Gasteiger partial charge in [0.25, 0.3) is 0 Å². The number of aromatic nitrogens is 2.